The van der Waals surface area contributed by atoms with Crippen molar-refractivity contribution < 1.29 is 4.79 Å². The molecule has 0 heterocycles. The van der Waals surface area contributed by atoms with E-state index in [1.807, 2.05) is 6.92 Å². The van der Waals surface area contributed by atoms with E-state index >= 15 is 0 Å². The second-order valence-corrected chi connectivity index (χ2v) is 4.71. The van der Waals surface area contributed by atoms with Crippen LogP contribution in [0, 0.1) is 11.8 Å². The summed E-state index contributed by atoms with van der Waals surface area (Å²) >= 11 is 0. The second-order valence-electron chi connectivity index (χ2n) is 4.71. The summed E-state index contributed by atoms with van der Waals surface area (Å²) in [5.41, 5.74) is 0. The Bertz CT molecular complexity index is 218. The minimum absolute atomic E-state index is 0.0712. The Balaban J connectivity index is 2.43. The fourth-order valence-corrected chi connectivity index (χ4v) is 2.67. The Labute approximate surface area is 93.0 Å². The number of hydrogen-bond donors (Lipinski definition) is 2. The van der Waals surface area contributed by atoms with Crippen molar-refractivity contribution in [2.24, 2.45) is 11.8 Å². The molecule has 0 bridgehead atoms. The first-order chi connectivity index (χ1) is 7.10. The summed E-state index contributed by atoms with van der Waals surface area (Å²) in [7, 11) is 1.69. The molecule has 0 saturated heterocycles. The third kappa shape index (κ3) is 2.94. The topological polar surface area (TPSA) is 41.1 Å². The van der Waals surface area contributed by atoms with Crippen LogP contribution in [0.2, 0.25) is 0 Å². The summed E-state index contributed by atoms with van der Waals surface area (Å²) in [6, 6.07) is 0.445. The standard InChI is InChI=1S/C12H24N2O/c1-5-10-6-7-11(8(10)2)14-9(3)12(15)13-4/h8-11,14H,5-7H2,1-4H3,(H,13,15). The molecular formula is C12H24N2O. The van der Waals surface area contributed by atoms with Crippen molar-refractivity contribution in [3.8, 4) is 0 Å². The minimum Gasteiger partial charge on any atom is -0.358 e. The predicted molar refractivity (Wildman–Crippen MR) is 62.6 cm³/mol. The van der Waals surface area contributed by atoms with Gasteiger partial charge in [-0.2, -0.15) is 0 Å². The summed E-state index contributed by atoms with van der Waals surface area (Å²) in [6.45, 7) is 6.49. The van der Waals surface area contributed by atoms with E-state index in [-0.39, 0.29) is 11.9 Å². The number of rotatable bonds is 4. The van der Waals surface area contributed by atoms with Gasteiger partial charge in [0.25, 0.3) is 0 Å². The molecule has 3 nitrogen and oxygen atoms in total. The van der Waals surface area contributed by atoms with E-state index in [1.54, 1.807) is 7.05 Å². The van der Waals surface area contributed by atoms with E-state index in [9.17, 15) is 4.79 Å². The first-order valence-electron chi connectivity index (χ1n) is 6.07. The quantitative estimate of drug-likeness (QED) is 0.742. The van der Waals surface area contributed by atoms with Gasteiger partial charge < -0.3 is 10.6 Å². The third-order valence-corrected chi connectivity index (χ3v) is 3.85. The van der Waals surface area contributed by atoms with Crippen molar-refractivity contribution in [2.75, 3.05) is 7.05 Å². The Morgan fingerprint density at radius 3 is 2.60 bits per heavy atom. The number of carbonyl (C=O) groups excluding carboxylic acids is 1. The highest BCUT2D eigenvalue weighted by molar-refractivity contribution is 5.80. The molecule has 1 amide bonds. The van der Waals surface area contributed by atoms with Gasteiger partial charge in [-0.1, -0.05) is 20.3 Å². The lowest BCUT2D eigenvalue weighted by molar-refractivity contribution is -0.122. The smallest absolute Gasteiger partial charge is 0.236 e. The highest BCUT2D eigenvalue weighted by atomic mass is 16.2. The van der Waals surface area contributed by atoms with Crippen LogP contribution < -0.4 is 10.6 Å². The van der Waals surface area contributed by atoms with Gasteiger partial charge in [-0.05, 0) is 31.6 Å². The highest BCUT2D eigenvalue weighted by Gasteiger charge is 2.32. The van der Waals surface area contributed by atoms with Crippen LogP contribution in [-0.2, 0) is 4.79 Å². The highest BCUT2D eigenvalue weighted by Crippen LogP contribution is 2.33. The van der Waals surface area contributed by atoms with Gasteiger partial charge in [0.15, 0.2) is 0 Å². The molecule has 0 aromatic heterocycles. The van der Waals surface area contributed by atoms with Crippen LogP contribution in [0.1, 0.15) is 40.0 Å². The van der Waals surface area contributed by atoms with Gasteiger partial charge in [0, 0.05) is 13.1 Å². The van der Waals surface area contributed by atoms with Crippen LogP contribution in [0.25, 0.3) is 0 Å². The molecule has 0 radical (unpaired) electrons. The van der Waals surface area contributed by atoms with Gasteiger partial charge >= 0.3 is 0 Å². The summed E-state index contributed by atoms with van der Waals surface area (Å²) in [5, 5.41) is 6.11. The van der Waals surface area contributed by atoms with Crippen molar-refractivity contribution in [2.45, 2.75) is 52.1 Å². The lowest BCUT2D eigenvalue weighted by Gasteiger charge is -2.24. The molecular weight excluding hydrogens is 188 g/mol. The molecule has 2 N–H and O–H groups in total. The molecule has 0 aromatic rings. The van der Waals surface area contributed by atoms with Crippen molar-refractivity contribution in [1.29, 1.82) is 0 Å². The van der Waals surface area contributed by atoms with Gasteiger partial charge in [0.2, 0.25) is 5.91 Å². The van der Waals surface area contributed by atoms with Gasteiger partial charge in [-0.3, -0.25) is 4.79 Å². The molecule has 1 saturated carbocycles. The Morgan fingerprint density at radius 2 is 2.13 bits per heavy atom. The average molecular weight is 212 g/mol. The Kier molecular flexibility index (Phi) is 4.58. The summed E-state index contributed by atoms with van der Waals surface area (Å²) in [5.74, 6) is 1.61. The summed E-state index contributed by atoms with van der Waals surface area (Å²) in [6.07, 6.45) is 3.77. The van der Waals surface area contributed by atoms with Crippen molar-refractivity contribution in [3.05, 3.63) is 0 Å². The third-order valence-electron chi connectivity index (χ3n) is 3.85. The fourth-order valence-electron chi connectivity index (χ4n) is 2.67. The number of nitrogens with one attached hydrogen (secondary N) is 2. The molecule has 15 heavy (non-hydrogen) atoms. The van der Waals surface area contributed by atoms with Gasteiger partial charge in [-0.25, -0.2) is 0 Å². The van der Waals surface area contributed by atoms with Crippen LogP contribution in [-0.4, -0.2) is 25.0 Å². The molecule has 0 spiro atoms. The first-order valence-corrected chi connectivity index (χ1v) is 6.07. The molecule has 1 aliphatic rings. The van der Waals surface area contributed by atoms with Crippen LogP contribution in [0.15, 0.2) is 0 Å². The van der Waals surface area contributed by atoms with Crippen LogP contribution in [0.3, 0.4) is 0 Å². The average Bonchev–Trinajstić information content (AvgIpc) is 2.58. The van der Waals surface area contributed by atoms with Crippen LogP contribution in [0.5, 0.6) is 0 Å². The largest absolute Gasteiger partial charge is 0.358 e. The van der Waals surface area contributed by atoms with Gasteiger partial charge in [0.1, 0.15) is 0 Å². The van der Waals surface area contributed by atoms with E-state index in [0.29, 0.717) is 12.0 Å². The van der Waals surface area contributed by atoms with Crippen molar-refractivity contribution >= 4 is 5.91 Å². The van der Waals surface area contributed by atoms with Crippen LogP contribution >= 0.6 is 0 Å². The Hall–Kier alpha value is -0.570. The second kappa shape index (κ2) is 5.50. The first kappa shape index (κ1) is 12.5. The molecule has 1 rings (SSSR count). The zero-order chi connectivity index (χ0) is 11.4. The molecule has 4 unspecified atom stereocenters. The predicted octanol–water partition coefficient (Wildman–Crippen LogP) is 1.54. The molecule has 1 fully saturated rings. The van der Waals surface area contributed by atoms with E-state index < -0.39 is 0 Å². The van der Waals surface area contributed by atoms with Gasteiger partial charge in [0.05, 0.1) is 6.04 Å². The molecule has 88 valence electrons. The maximum absolute atomic E-state index is 11.4. The van der Waals surface area contributed by atoms with Crippen molar-refractivity contribution in [3.63, 3.8) is 0 Å². The van der Waals surface area contributed by atoms with Crippen molar-refractivity contribution in [1.82, 2.24) is 10.6 Å². The number of hydrogen-bond acceptors (Lipinski definition) is 2. The molecule has 4 atom stereocenters. The maximum atomic E-state index is 11.4. The normalized spacial score (nSPS) is 32.7. The molecule has 1 aliphatic carbocycles. The molecule has 3 heteroatoms. The zero-order valence-corrected chi connectivity index (χ0v) is 10.3. The van der Waals surface area contributed by atoms with Gasteiger partial charge in [-0.15, -0.1) is 0 Å². The lowest BCUT2D eigenvalue weighted by atomic mass is 9.93. The van der Waals surface area contributed by atoms with E-state index in [0.717, 1.165) is 5.92 Å². The SMILES string of the molecule is CCC1CCC(NC(C)C(=O)NC)C1C. The van der Waals surface area contributed by atoms with E-state index in [1.165, 1.54) is 19.3 Å². The maximum Gasteiger partial charge on any atom is 0.236 e. The summed E-state index contributed by atoms with van der Waals surface area (Å²) < 4.78 is 0. The summed E-state index contributed by atoms with van der Waals surface area (Å²) in [4.78, 5) is 11.4. The van der Waals surface area contributed by atoms with E-state index in [2.05, 4.69) is 24.5 Å². The zero-order valence-electron chi connectivity index (χ0n) is 10.3. The molecule has 0 aliphatic heterocycles. The Morgan fingerprint density at radius 1 is 1.47 bits per heavy atom. The van der Waals surface area contributed by atoms with E-state index in [4.69, 9.17) is 0 Å². The number of amides is 1. The van der Waals surface area contributed by atoms with Crippen LogP contribution in [0.4, 0.5) is 0 Å². The monoisotopic (exact) mass is 212 g/mol. The number of carbonyl (C=O) groups is 1. The molecule has 0 aromatic carbocycles. The lowest BCUT2D eigenvalue weighted by Crippen LogP contribution is -2.46. The fraction of sp³-hybridized carbons (Fsp3) is 0.917. The minimum atomic E-state index is -0.0712. The number of likely N-dealkylation sites (N-methyl/N-ethyl adjacent to an activating group) is 1.